The number of aromatic nitrogens is 1. The van der Waals surface area contributed by atoms with Crippen molar-refractivity contribution in [2.45, 2.75) is 38.6 Å². The predicted molar refractivity (Wildman–Crippen MR) is 137 cm³/mol. The molecule has 1 unspecified atom stereocenters. The zero-order valence-corrected chi connectivity index (χ0v) is 20.7. The minimum Gasteiger partial charge on any atom is -0.384 e. The molecule has 1 aromatic heterocycles. The topological polar surface area (TPSA) is 124 Å². The number of piperazine rings is 1. The van der Waals surface area contributed by atoms with Gasteiger partial charge < -0.3 is 26.2 Å². The van der Waals surface area contributed by atoms with E-state index in [-0.39, 0.29) is 11.9 Å². The molecule has 1 aromatic carbocycles. The van der Waals surface area contributed by atoms with Crippen LogP contribution < -0.4 is 21.3 Å². The summed E-state index contributed by atoms with van der Waals surface area (Å²) < 4.78 is 0. The van der Waals surface area contributed by atoms with Crippen molar-refractivity contribution in [1.29, 1.82) is 0 Å². The van der Waals surface area contributed by atoms with E-state index in [0.717, 1.165) is 35.9 Å². The Hall–Kier alpha value is -3.27. The van der Waals surface area contributed by atoms with E-state index in [0.29, 0.717) is 56.5 Å². The molecule has 2 aliphatic rings. The Balaban J connectivity index is 1.38. The van der Waals surface area contributed by atoms with E-state index in [4.69, 9.17) is 17.3 Å². The summed E-state index contributed by atoms with van der Waals surface area (Å²) in [7, 11) is 0. The summed E-state index contributed by atoms with van der Waals surface area (Å²) in [5, 5.41) is 7.17. The Morgan fingerprint density at radius 2 is 1.89 bits per heavy atom. The smallest absolute Gasteiger partial charge is 0.324 e. The third-order valence-corrected chi connectivity index (χ3v) is 6.67. The van der Waals surface area contributed by atoms with Crippen molar-refractivity contribution < 1.29 is 14.4 Å². The van der Waals surface area contributed by atoms with Crippen molar-refractivity contribution in [1.82, 2.24) is 25.4 Å². The van der Waals surface area contributed by atoms with Crippen LogP contribution in [0, 0.1) is 0 Å². The van der Waals surface area contributed by atoms with Gasteiger partial charge in [-0.15, -0.1) is 0 Å². The first-order chi connectivity index (χ1) is 16.9. The second kappa shape index (κ2) is 11.0. The maximum Gasteiger partial charge on any atom is 0.324 e. The lowest BCUT2D eigenvalue weighted by molar-refractivity contribution is -0.129. The molecule has 2 saturated heterocycles. The molecule has 0 spiro atoms. The minimum absolute atomic E-state index is 0.287. The Bertz CT molecular complexity index is 1100. The number of carbonyl (C=O) groups is 3. The fourth-order valence-corrected chi connectivity index (χ4v) is 4.72. The number of nitrogens with two attached hydrogens (primary N) is 1. The number of nitrogens with zero attached hydrogens (tertiary/aromatic N) is 4. The van der Waals surface area contributed by atoms with Crippen molar-refractivity contribution in [3.63, 3.8) is 0 Å². The standard InChI is InChI=1S/C24H32ClN7O3/c1-2-8-27-23(34)32-9-4-3-5-18(22(32)33)29-24(35)31-12-10-30(11-13-31)20-15-21(26)28-19-14-16(25)6-7-17(19)20/h6-7,14-15,18H,2-5,8-13H2,1H3,(H2,26,28)(H,27,34)(H,29,35). The Morgan fingerprint density at radius 3 is 2.63 bits per heavy atom. The third kappa shape index (κ3) is 5.70. The molecule has 4 N–H and O–H groups in total. The number of imide groups is 1. The van der Waals surface area contributed by atoms with Crippen LogP contribution in [0.4, 0.5) is 21.1 Å². The van der Waals surface area contributed by atoms with Gasteiger partial charge in [0.05, 0.1) is 5.52 Å². The van der Waals surface area contributed by atoms with Crippen LogP contribution in [-0.2, 0) is 4.79 Å². The number of benzene rings is 1. The summed E-state index contributed by atoms with van der Waals surface area (Å²) in [5.74, 6) is 0.0647. The third-order valence-electron chi connectivity index (χ3n) is 6.44. The number of anilines is 2. The van der Waals surface area contributed by atoms with Crippen LogP contribution in [-0.4, -0.2) is 78.1 Å². The fourth-order valence-electron chi connectivity index (χ4n) is 4.56. The molecule has 0 saturated carbocycles. The number of likely N-dealkylation sites (tertiary alicyclic amines) is 1. The van der Waals surface area contributed by atoms with E-state index in [1.165, 1.54) is 4.90 Å². The van der Waals surface area contributed by atoms with Crippen LogP contribution in [0.1, 0.15) is 32.6 Å². The maximum absolute atomic E-state index is 13.0. The molecule has 0 aliphatic carbocycles. The second-order valence-electron chi connectivity index (χ2n) is 8.92. The average molecular weight is 502 g/mol. The molecule has 3 heterocycles. The predicted octanol–water partition coefficient (Wildman–Crippen LogP) is 2.80. The lowest BCUT2D eigenvalue weighted by Gasteiger charge is -2.37. The molecular weight excluding hydrogens is 470 g/mol. The normalized spacial score (nSPS) is 19.0. The number of amides is 5. The Kier molecular flexibility index (Phi) is 7.80. The highest BCUT2D eigenvalue weighted by Gasteiger charge is 2.33. The first kappa shape index (κ1) is 24.8. The van der Waals surface area contributed by atoms with E-state index in [2.05, 4.69) is 20.5 Å². The first-order valence-electron chi connectivity index (χ1n) is 12.1. The maximum atomic E-state index is 13.0. The van der Waals surface area contributed by atoms with Crippen molar-refractivity contribution in [3.8, 4) is 0 Å². The molecule has 0 radical (unpaired) electrons. The van der Waals surface area contributed by atoms with Crippen LogP contribution in [0.25, 0.3) is 10.9 Å². The molecule has 1 atom stereocenters. The van der Waals surface area contributed by atoms with Crippen LogP contribution in [0.3, 0.4) is 0 Å². The molecular formula is C24H32ClN7O3. The van der Waals surface area contributed by atoms with Gasteiger partial charge in [0.25, 0.3) is 5.91 Å². The fraction of sp³-hybridized carbons (Fsp3) is 0.500. The first-order valence-corrected chi connectivity index (χ1v) is 12.5. The van der Waals surface area contributed by atoms with Gasteiger partial charge in [-0.3, -0.25) is 9.69 Å². The quantitative estimate of drug-likeness (QED) is 0.591. The van der Waals surface area contributed by atoms with Gasteiger partial charge >= 0.3 is 12.1 Å². The zero-order valence-electron chi connectivity index (χ0n) is 19.9. The van der Waals surface area contributed by atoms with Gasteiger partial charge in [0.1, 0.15) is 11.9 Å². The van der Waals surface area contributed by atoms with Crippen LogP contribution in [0.5, 0.6) is 0 Å². The molecule has 5 amide bonds. The number of nitrogens with one attached hydrogen (secondary N) is 2. The number of nitrogen functional groups attached to an aromatic ring is 1. The lowest BCUT2D eigenvalue weighted by atomic mass is 10.1. The zero-order chi connectivity index (χ0) is 24.9. The molecule has 2 aliphatic heterocycles. The lowest BCUT2D eigenvalue weighted by Crippen LogP contribution is -2.57. The van der Waals surface area contributed by atoms with Crippen molar-refractivity contribution in [2.75, 3.05) is 49.9 Å². The number of carbonyl (C=O) groups excluding carboxylic acids is 3. The van der Waals surface area contributed by atoms with Crippen LogP contribution in [0.2, 0.25) is 5.02 Å². The van der Waals surface area contributed by atoms with E-state index in [1.54, 1.807) is 11.0 Å². The van der Waals surface area contributed by atoms with Crippen molar-refractivity contribution in [3.05, 3.63) is 29.3 Å². The molecule has 2 fully saturated rings. The average Bonchev–Trinajstić information content (AvgIpc) is 3.03. The molecule has 4 rings (SSSR count). The summed E-state index contributed by atoms with van der Waals surface area (Å²) in [6.07, 6.45) is 2.80. The van der Waals surface area contributed by atoms with Gasteiger partial charge in [-0.1, -0.05) is 18.5 Å². The summed E-state index contributed by atoms with van der Waals surface area (Å²) >= 11 is 6.12. The Labute approximate surface area is 209 Å². The number of halogens is 1. The molecule has 0 bridgehead atoms. The van der Waals surface area contributed by atoms with Gasteiger partial charge in [-0.2, -0.15) is 0 Å². The van der Waals surface area contributed by atoms with E-state index >= 15 is 0 Å². The number of rotatable bonds is 4. The number of fused-ring (bicyclic) bond motifs is 1. The highest BCUT2D eigenvalue weighted by Crippen LogP contribution is 2.30. The molecule has 35 heavy (non-hydrogen) atoms. The molecule has 188 valence electrons. The van der Waals surface area contributed by atoms with Crippen LogP contribution in [0.15, 0.2) is 24.3 Å². The highest BCUT2D eigenvalue weighted by atomic mass is 35.5. The van der Waals surface area contributed by atoms with Crippen LogP contribution >= 0.6 is 11.6 Å². The van der Waals surface area contributed by atoms with Gasteiger partial charge in [0, 0.05) is 61.4 Å². The summed E-state index contributed by atoms with van der Waals surface area (Å²) in [4.78, 5) is 47.9. The van der Waals surface area contributed by atoms with Gasteiger partial charge in [-0.05, 0) is 43.9 Å². The summed E-state index contributed by atoms with van der Waals surface area (Å²) in [5.41, 5.74) is 7.71. The van der Waals surface area contributed by atoms with E-state index in [1.807, 2.05) is 25.1 Å². The summed E-state index contributed by atoms with van der Waals surface area (Å²) in [6, 6.07) is 6.00. The monoisotopic (exact) mass is 501 g/mol. The number of hydrogen-bond acceptors (Lipinski definition) is 6. The van der Waals surface area contributed by atoms with E-state index in [9.17, 15) is 14.4 Å². The Morgan fingerprint density at radius 1 is 1.11 bits per heavy atom. The minimum atomic E-state index is -0.705. The van der Waals surface area contributed by atoms with Crippen molar-refractivity contribution in [2.24, 2.45) is 0 Å². The van der Waals surface area contributed by atoms with Gasteiger partial charge in [0.2, 0.25) is 0 Å². The SMILES string of the molecule is CCCNC(=O)N1CCCCC(NC(=O)N2CCN(c3cc(N)nc4cc(Cl)ccc34)CC2)C1=O. The number of pyridine rings is 1. The number of urea groups is 2. The van der Waals surface area contributed by atoms with E-state index < -0.39 is 12.1 Å². The molecule has 11 heteroatoms. The molecule has 10 nitrogen and oxygen atoms in total. The largest absolute Gasteiger partial charge is 0.384 e. The number of hydrogen-bond donors (Lipinski definition) is 3. The summed E-state index contributed by atoms with van der Waals surface area (Å²) in [6.45, 7) is 5.03. The van der Waals surface area contributed by atoms with Gasteiger partial charge in [0.15, 0.2) is 0 Å². The highest BCUT2D eigenvalue weighted by molar-refractivity contribution is 6.31. The van der Waals surface area contributed by atoms with Gasteiger partial charge in [-0.25, -0.2) is 14.6 Å². The second-order valence-corrected chi connectivity index (χ2v) is 9.36. The van der Waals surface area contributed by atoms with Crippen molar-refractivity contribution >= 4 is 52.0 Å². The molecule has 2 aromatic rings.